The van der Waals surface area contributed by atoms with Gasteiger partial charge in [0.1, 0.15) is 0 Å². The molecule has 0 saturated carbocycles. The lowest BCUT2D eigenvalue weighted by Gasteiger charge is -2.31. The monoisotopic (exact) mass is 435 g/mol. The summed E-state index contributed by atoms with van der Waals surface area (Å²) in [6.07, 6.45) is 0.617. The molecule has 1 amide bonds. The van der Waals surface area contributed by atoms with Crippen LogP contribution >= 0.6 is 0 Å². The maximum Gasteiger partial charge on any atom is 0.312 e. The molecule has 2 heterocycles. The number of benzene rings is 2. The van der Waals surface area contributed by atoms with Gasteiger partial charge in [-0.2, -0.15) is 5.10 Å². The number of amides is 1. The van der Waals surface area contributed by atoms with Gasteiger partial charge in [0.2, 0.25) is 0 Å². The largest absolute Gasteiger partial charge is 0.452 e. The molecule has 1 aliphatic rings. The number of aliphatic hydroxyl groups excluding tert-OH is 1. The van der Waals surface area contributed by atoms with Crippen LogP contribution in [-0.4, -0.2) is 46.0 Å². The fraction of sp³-hybridized carbons (Fsp3) is 0.333. The second-order valence-electron chi connectivity index (χ2n) is 7.78. The first kappa shape index (κ1) is 21.7. The molecule has 0 saturated heterocycles. The summed E-state index contributed by atoms with van der Waals surface area (Å²) in [5.74, 6) is -0.878. The number of fused-ring (bicyclic) bond motifs is 2. The molecule has 4 rings (SSSR count). The Morgan fingerprint density at radius 1 is 1.12 bits per heavy atom. The number of carbonyl (C=O) groups is 2. The van der Waals surface area contributed by atoms with Crippen molar-refractivity contribution in [2.24, 2.45) is 0 Å². The van der Waals surface area contributed by atoms with Crippen molar-refractivity contribution in [3.05, 3.63) is 70.1 Å². The summed E-state index contributed by atoms with van der Waals surface area (Å²) < 4.78 is 6.60. The van der Waals surface area contributed by atoms with E-state index in [2.05, 4.69) is 5.10 Å². The van der Waals surface area contributed by atoms with Crippen LogP contribution in [-0.2, 0) is 33.7 Å². The van der Waals surface area contributed by atoms with Crippen molar-refractivity contribution in [2.75, 3.05) is 18.1 Å². The number of hydrogen-bond donors (Lipinski definition) is 1. The van der Waals surface area contributed by atoms with Crippen LogP contribution in [0.5, 0.6) is 0 Å². The molecule has 32 heavy (non-hydrogen) atoms. The van der Waals surface area contributed by atoms with Crippen molar-refractivity contribution in [3.8, 4) is 0 Å². The van der Waals surface area contributed by atoms with E-state index in [1.807, 2.05) is 24.3 Å². The zero-order valence-corrected chi connectivity index (χ0v) is 17.9. The van der Waals surface area contributed by atoms with Gasteiger partial charge in [0, 0.05) is 17.6 Å². The van der Waals surface area contributed by atoms with Gasteiger partial charge in [-0.15, -0.1) is 0 Å². The fourth-order valence-electron chi connectivity index (χ4n) is 4.09. The molecule has 0 aliphatic carbocycles. The molecule has 8 heteroatoms. The minimum absolute atomic E-state index is 0.0228. The smallest absolute Gasteiger partial charge is 0.312 e. The van der Waals surface area contributed by atoms with E-state index in [1.54, 1.807) is 36.1 Å². The number of hydrogen-bond acceptors (Lipinski definition) is 6. The number of esters is 1. The average molecular weight is 435 g/mol. The minimum Gasteiger partial charge on any atom is -0.452 e. The summed E-state index contributed by atoms with van der Waals surface area (Å²) >= 11 is 0. The fourth-order valence-corrected chi connectivity index (χ4v) is 4.09. The molecule has 2 aromatic carbocycles. The van der Waals surface area contributed by atoms with Crippen LogP contribution in [0.3, 0.4) is 0 Å². The molecule has 1 aliphatic heterocycles. The predicted molar refractivity (Wildman–Crippen MR) is 119 cm³/mol. The van der Waals surface area contributed by atoms with Gasteiger partial charge in [-0.3, -0.25) is 14.4 Å². The summed E-state index contributed by atoms with van der Waals surface area (Å²) in [5, 5.41) is 14.4. The van der Waals surface area contributed by atoms with Gasteiger partial charge in [0.05, 0.1) is 30.7 Å². The van der Waals surface area contributed by atoms with Gasteiger partial charge in [-0.05, 0) is 37.5 Å². The van der Waals surface area contributed by atoms with E-state index in [1.165, 1.54) is 0 Å². The van der Waals surface area contributed by atoms with Crippen LogP contribution < -0.4 is 10.5 Å². The van der Waals surface area contributed by atoms with Gasteiger partial charge in [0.15, 0.2) is 6.10 Å². The number of aliphatic hydroxyl groups is 1. The molecule has 166 valence electrons. The molecule has 3 aromatic rings. The maximum atomic E-state index is 13.0. The Hall–Kier alpha value is -3.52. The van der Waals surface area contributed by atoms with Gasteiger partial charge >= 0.3 is 5.97 Å². The number of carbonyl (C=O) groups excluding carboxylic acids is 2. The summed E-state index contributed by atoms with van der Waals surface area (Å²) in [7, 11) is 0. The number of para-hydroxylation sites is 1. The summed E-state index contributed by atoms with van der Waals surface area (Å²) in [4.78, 5) is 39.9. The van der Waals surface area contributed by atoms with Crippen molar-refractivity contribution in [1.82, 2.24) is 9.78 Å². The van der Waals surface area contributed by atoms with Crippen molar-refractivity contribution in [2.45, 2.75) is 38.8 Å². The SMILES string of the molecule is C[C@@H](OC(=O)Cc1nn(CCO)c(=O)c2ccccc12)C(=O)N1CCCc2ccccc21. The number of ether oxygens (including phenoxy) is 1. The van der Waals surface area contributed by atoms with Crippen LogP contribution in [0.1, 0.15) is 24.6 Å². The number of aryl methyl sites for hydroxylation is 1. The molecule has 1 N–H and O–H groups in total. The van der Waals surface area contributed by atoms with E-state index in [-0.39, 0.29) is 31.0 Å². The molecule has 8 nitrogen and oxygen atoms in total. The van der Waals surface area contributed by atoms with Gasteiger partial charge in [-0.25, -0.2) is 4.68 Å². The van der Waals surface area contributed by atoms with Crippen molar-refractivity contribution >= 4 is 28.3 Å². The first-order valence-electron chi connectivity index (χ1n) is 10.7. The Morgan fingerprint density at radius 2 is 1.84 bits per heavy atom. The van der Waals surface area contributed by atoms with Crippen molar-refractivity contribution in [1.29, 1.82) is 0 Å². The lowest BCUT2D eigenvalue weighted by molar-refractivity contribution is -0.153. The molecule has 0 bridgehead atoms. The van der Waals surface area contributed by atoms with E-state index in [9.17, 15) is 19.5 Å². The first-order chi connectivity index (χ1) is 15.5. The number of nitrogens with zero attached hydrogens (tertiary/aromatic N) is 3. The van der Waals surface area contributed by atoms with Crippen LogP contribution in [0.15, 0.2) is 53.3 Å². The second kappa shape index (κ2) is 9.32. The van der Waals surface area contributed by atoms with E-state index < -0.39 is 12.1 Å². The third-order valence-electron chi connectivity index (χ3n) is 5.60. The Labute approximate surface area is 185 Å². The Kier molecular flexibility index (Phi) is 6.32. The third kappa shape index (κ3) is 4.27. The molecule has 0 radical (unpaired) electrons. The normalized spacial score (nSPS) is 14.1. The van der Waals surface area contributed by atoms with E-state index in [0.29, 0.717) is 23.0 Å². The molecular formula is C24H25N3O5. The zero-order valence-electron chi connectivity index (χ0n) is 17.9. The highest BCUT2D eigenvalue weighted by atomic mass is 16.5. The van der Waals surface area contributed by atoms with E-state index in [0.717, 1.165) is 28.8 Å². The summed E-state index contributed by atoms with van der Waals surface area (Å²) in [6, 6.07) is 14.6. The van der Waals surface area contributed by atoms with Gasteiger partial charge < -0.3 is 14.7 Å². The molecule has 1 aromatic heterocycles. The topological polar surface area (TPSA) is 102 Å². The number of rotatable bonds is 6. The van der Waals surface area contributed by atoms with Crippen molar-refractivity contribution < 1.29 is 19.4 Å². The highest BCUT2D eigenvalue weighted by Gasteiger charge is 2.28. The van der Waals surface area contributed by atoms with Gasteiger partial charge in [0.25, 0.3) is 11.5 Å². The Bertz CT molecular complexity index is 1220. The third-order valence-corrected chi connectivity index (χ3v) is 5.60. The Morgan fingerprint density at radius 3 is 2.62 bits per heavy atom. The molecule has 0 unspecified atom stereocenters. The van der Waals surface area contributed by atoms with Crippen LogP contribution in [0.2, 0.25) is 0 Å². The minimum atomic E-state index is -0.955. The molecular weight excluding hydrogens is 410 g/mol. The lowest BCUT2D eigenvalue weighted by atomic mass is 10.0. The van der Waals surface area contributed by atoms with Crippen LogP contribution in [0.4, 0.5) is 5.69 Å². The van der Waals surface area contributed by atoms with Crippen LogP contribution in [0.25, 0.3) is 10.8 Å². The average Bonchev–Trinajstić information content (AvgIpc) is 2.81. The first-order valence-corrected chi connectivity index (χ1v) is 10.7. The highest BCUT2D eigenvalue weighted by molar-refractivity contribution is 5.98. The van der Waals surface area contributed by atoms with E-state index in [4.69, 9.17) is 4.74 Å². The standard InChI is InChI=1S/C24H25N3O5/c1-16(23(30)26-12-6-8-17-7-2-5-11-21(17)26)32-22(29)15-20-18-9-3-4-10-19(18)24(31)27(25-20)13-14-28/h2-5,7,9-11,16,28H,6,8,12-15H2,1H3/t16-/m1/s1. The van der Waals surface area contributed by atoms with Crippen LogP contribution in [0, 0.1) is 0 Å². The lowest BCUT2D eigenvalue weighted by Crippen LogP contribution is -2.43. The molecule has 0 spiro atoms. The predicted octanol–water partition coefficient (Wildman–Crippen LogP) is 1.84. The summed E-state index contributed by atoms with van der Waals surface area (Å²) in [6.45, 7) is 1.92. The molecule has 0 fully saturated rings. The van der Waals surface area contributed by atoms with Gasteiger partial charge in [-0.1, -0.05) is 36.4 Å². The zero-order chi connectivity index (χ0) is 22.7. The highest BCUT2D eigenvalue weighted by Crippen LogP contribution is 2.27. The summed E-state index contributed by atoms with van der Waals surface area (Å²) in [5.41, 5.74) is 1.99. The number of anilines is 1. The number of aromatic nitrogens is 2. The Balaban J connectivity index is 1.52. The second-order valence-corrected chi connectivity index (χ2v) is 7.78. The van der Waals surface area contributed by atoms with E-state index >= 15 is 0 Å². The molecule has 1 atom stereocenters. The maximum absolute atomic E-state index is 13.0. The quantitative estimate of drug-likeness (QED) is 0.593. The van der Waals surface area contributed by atoms with Crippen molar-refractivity contribution in [3.63, 3.8) is 0 Å².